The molecule has 0 aliphatic carbocycles. The lowest BCUT2D eigenvalue weighted by molar-refractivity contribution is 0.490. The van der Waals surface area contributed by atoms with Gasteiger partial charge in [0.15, 0.2) is 0 Å². The molecule has 3 rings (SSSR count). The highest BCUT2D eigenvalue weighted by molar-refractivity contribution is 8.25. The van der Waals surface area contributed by atoms with Crippen molar-refractivity contribution in [3.05, 3.63) is 36.2 Å². The molecule has 0 amide bonds. The molecule has 1 saturated heterocycles. The van der Waals surface area contributed by atoms with Gasteiger partial charge in [-0.2, -0.15) is 5.26 Å². The smallest absolute Gasteiger partial charge is 0.148 e. The molecule has 2 N–H and O–H groups in total. The molecular weight excluding hydrogens is 274 g/mol. The Bertz CT molecular complexity index is 711. The summed E-state index contributed by atoms with van der Waals surface area (Å²) in [4.78, 5) is 4.03. The number of nitriles is 1. The Labute approximate surface area is 119 Å². The van der Waals surface area contributed by atoms with Crippen LogP contribution in [0.1, 0.15) is 19.0 Å². The van der Waals surface area contributed by atoms with E-state index in [-0.39, 0.29) is 6.04 Å². The van der Waals surface area contributed by atoms with E-state index in [4.69, 9.17) is 5.26 Å². The normalized spacial score (nSPS) is 22.7. The molecule has 2 aromatic rings. The number of hydrogen-bond donors (Lipinski definition) is 2. The third kappa shape index (κ3) is 2.00. The van der Waals surface area contributed by atoms with Crippen LogP contribution in [0.3, 0.4) is 0 Å². The summed E-state index contributed by atoms with van der Waals surface area (Å²) in [5, 5.41) is 10.7. The maximum Gasteiger partial charge on any atom is 0.148 e. The van der Waals surface area contributed by atoms with Crippen molar-refractivity contribution in [2.45, 2.75) is 19.4 Å². The summed E-state index contributed by atoms with van der Waals surface area (Å²) in [6.07, 6.45) is 2.36. The topological polar surface area (TPSA) is 80.4 Å². The molecule has 1 aromatic carbocycles. The monoisotopic (exact) mass is 289 g/mol. The maximum atomic E-state index is 10.2. The predicted molar refractivity (Wildman–Crippen MR) is 80.7 cm³/mol. The number of hydrogen-bond acceptors (Lipinski definition) is 5. The summed E-state index contributed by atoms with van der Waals surface area (Å²) < 4.78 is 22.0. The Morgan fingerprint density at radius 1 is 1.40 bits per heavy atom. The van der Waals surface area contributed by atoms with Crippen LogP contribution in [0.5, 0.6) is 0 Å². The van der Waals surface area contributed by atoms with E-state index in [1.807, 2.05) is 31.2 Å². The first kappa shape index (κ1) is 13.2. The lowest BCUT2D eigenvalue weighted by atomic mass is 10.1. The highest BCUT2D eigenvalue weighted by Gasteiger charge is 2.35. The molecule has 20 heavy (non-hydrogen) atoms. The van der Waals surface area contributed by atoms with Gasteiger partial charge in [-0.05, 0) is 43.0 Å². The first-order valence-corrected chi connectivity index (χ1v) is 8.04. The van der Waals surface area contributed by atoms with E-state index in [1.54, 1.807) is 10.5 Å². The molecule has 1 aliphatic rings. The van der Waals surface area contributed by atoms with Crippen molar-refractivity contribution in [3.63, 3.8) is 0 Å². The Hall–Kier alpha value is -1.81. The zero-order valence-electron chi connectivity index (χ0n) is 11.0. The molecule has 0 radical (unpaired) electrons. The fourth-order valence-corrected chi connectivity index (χ4v) is 4.63. The zero-order chi connectivity index (χ0) is 14.3. The molecule has 1 atom stereocenters. The minimum Gasteiger partial charge on any atom is -0.282 e. The van der Waals surface area contributed by atoms with Gasteiger partial charge in [0.05, 0.1) is 11.4 Å². The molecular formula is C14H15N3O2S. The Morgan fingerprint density at radius 2 is 2.20 bits per heavy atom. The number of pyridine rings is 1. The van der Waals surface area contributed by atoms with Crippen LogP contribution in [-0.4, -0.2) is 25.9 Å². The van der Waals surface area contributed by atoms with E-state index in [9.17, 15) is 9.11 Å². The zero-order valence-corrected chi connectivity index (χ0v) is 11.8. The van der Waals surface area contributed by atoms with E-state index >= 15 is 0 Å². The van der Waals surface area contributed by atoms with Crippen LogP contribution in [-0.2, 0) is 0 Å². The van der Waals surface area contributed by atoms with E-state index in [0.717, 1.165) is 22.9 Å². The summed E-state index contributed by atoms with van der Waals surface area (Å²) in [6.45, 7) is 1.98. The fraction of sp³-hybridized carbons (Fsp3) is 0.286. The Morgan fingerprint density at radius 3 is 2.85 bits per heavy atom. The lowest BCUT2D eigenvalue weighted by Gasteiger charge is -2.40. The maximum absolute atomic E-state index is 10.2. The second-order valence-corrected chi connectivity index (χ2v) is 7.04. The third-order valence-corrected chi connectivity index (χ3v) is 5.62. The summed E-state index contributed by atoms with van der Waals surface area (Å²) in [5.41, 5.74) is 1.16. The summed E-state index contributed by atoms with van der Waals surface area (Å²) >= 11 is 0. The molecule has 1 unspecified atom stereocenters. The van der Waals surface area contributed by atoms with Crippen LogP contribution in [0, 0.1) is 11.3 Å². The molecule has 1 fully saturated rings. The molecule has 0 saturated carbocycles. The molecule has 104 valence electrons. The van der Waals surface area contributed by atoms with Crippen LogP contribution in [0.15, 0.2) is 30.5 Å². The van der Waals surface area contributed by atoms with Gasteiger partial charge in [-0.3, -0.25) is 13.4 Å². The van der Waals surface area contributed by atoms with Crippen molar-refractivity contribution < 1.29 is 9.11 Å². The molecule has 5 nitrogen and oxygen atoms in total. The van der Waals surface area contributed by atoms with E-state index < -0.39 is 10.8 Å². The number of aromatic nitrogens is 1. The summed E-state index contributed by atoms with van der Waals surface area (Å²) in [6, 6.07) is 9.50. The minimum absolute atomic E-state index is 0.0923. The highest BCUT2D eigenvalue weighted by Crippen LogP contribution is 2.53. The van der Waals surface area contributed by atoms with E-state index in [2.05, 4.69) is 11.1 Å². The van der Waals surface area contributed by atoms with Crippen molar-refractivity contribution in [1.29, 1.82) is 5.26 Å². The number of rotatable bonds is 1. The van der Waals surface area contributed by atoms with Gasteiger partial charge in [-0.25, -0.2) is 4.98 Å². The number of fused-ring (bicyclic) bond motifs is 1. The minimum atomic E-state index is -2.72. The average molecular weight is 289 g/mol. The Kier molecular flexibility index (Phi) is 3.05. The number of benzene rings is 1. The lowest BCUT2D eigenvalue weighted by Crippen LogP contribution is -2.28. The molecule has 0 bridgehead atoms. The Balaban J connectivity index is 2.13. The van der Waals surface area contributed by atoms with Crippen LogP contribution in [0.25, 0.3) is 10.8 Å². The van der Waals surface area contributed by atoms with Gasteiger partial charge in [-0.1, -0.05) is 0 Å². The largest absolute Gasteiger partial charge is 0.282 e. The van der Waals surface area contributed by atoms with Crippen molar-refractivity contribution in [2.75, 3.05) is 10.1 Å². The SMILES string of the molecule is CC1CCS(O)(O)N1c1ccc2c(C#N)nccc2c1. The van der Waals surface area contributed by atoms with Crippen LogP contribution >= 0.6 is 10.8 Å². The quantitative estimate of drug-likeness (QED) is 0.841. The highest BCUT2D eigenvalue weighted by atomic mass is 32.3. The van der Waals surface area contributed by atoms with E-state index in [1.165, 1.54) is 0 Å². The predicted octanol–water partition coefficient (Wildman–Crippen LogP) is 3.37. The third-order valence-electron chi connectivity index (χ3n) is 3.63. The van der Waals surface area contributed by atoms with Crippen molar-refractivity contribution in [1.82, 2.24) is 4.98 Å². The van der Waals surface area contributed by atoms with Gasteiger partial charge in [0, 0.05) is 17.6 Å². The van der Waals surface area contributed by atoms with Gasteiger partial charge in [0.25, 0.3) is 0 Å². The van der Waals surface area contributed by atoms with Crippen molar-refractivity contribution >= 4 is 27.2 Å². The van der Waals surface area contributed by atoms with Gasteiger partial charge in [-0.15, -0.1) is 10.8 Å². The average Bonchev–Trinajstić information content (AvgIpc) is 2.71. The molecule has 0 spiro atoms. The second-order valence-electron chi connectivity index (χ2n) is 4.98. The van der Waals surface area contributed by atoms with Gasteiger partial charge in [0.2, 0.25) is 0 Å². The van der Waals surface area contributed by atoms with Gasteiger partial charge in [0.1, 0.15) is 11.8 Å². The number of anilines is 1. The molecule has 6 heteroatoms. The van der Waals surface area contributed by atoms with Gasteiger partial charge >= 0.3 is 0 Å². The first-order valence-electron chi connectivity index (χ1n) is 6.37. The molecule has 1 aromatic heterocycles. The number of nitrogens with zero attached hydrogens (tertiary/aromatic N) is 3. The van der Waals surface area contributed by atoms with E-state index in [0.29, 0.717) is 11.4 Å². The summed E-state index contributed by atoms with van der Waals surface area (Å²) in [5.74, 6) is 0.409. The second kappa shape index (κ2) is 4.63. The molecule has 2 heterocycles. The van der Waals surface area contributed by atoms with Crippen LogP contribution in [0.2, 0.25) is 0 Å². The van der Waals surface area contributed by atoms with Crippen LogP contribution in [0.4, 0.5) is 5.69 Å². The molecule has 1 aliphatic heterocycles. The van der Waals surface area contributed by atoms with Gasteiger partial charge < -0.3 is 0 Å². The van der Waals surface area contributed by atoms with Crippen molar-refractivity contribution in [3.8, 4) is 6.07 Å². The standard InChI is InChI=1S/C14H15N3O2S/c1-10-5-7-20(18,19)17(10)12-2-3-13-11(8-12)4-6-16-14(13)9-15/h2-4,6,8,10,18-19H,5,7H2,1H3. The van der Waals surface area contributed by atoms with Crippen LogP contribution < -0.4 is 4.31 Å². The summed E-state index contributed by atoms with van der Waals surface area (Å²) in [7, 11) is -2.72. The fourth-order valence-electron chi connectivity index (χ4n) is 2.65. The van der Waals surface area contributed by atoms with Crippen molar-refractivity contribution in [2.24, 2.45) is 0 Å². The first-order chi connectivity index (χ1) is 9.53.